The summed E-state index contributed by atoms with van der Waals surface area (Å²) in [6.45, 7) is 4.13. The van der Waals surface area contributed by atoms with Crippen LogP contribution in [-0.4, -0.2) is 31.2 Å². The van der Waals surface area contributed by atoms with Gasteiger partial charge in [0.15, 0.2) is 11.7 Å². The van der Waals surface area contributed by atoms with Gasteiger partial charge >= 0.3 is 0 Å². The van der Waals surface area contributed by atoms with Crippen LogP contribution >= 0.6 is 0 Å². The van der Waals surface area contributed by atoms with Crippen molar-refractivity contribution in [3.63, 3.8) is 0 Å². The number of nitrogens with zero attached hydrogens (tertiary/aromatic N) is 4. The first kappa shape index (κ1) is 20.1. The zero-order chi connectivity index (χ0) is 22.2. The zero-order valence-corrected chi connectivity index (χ0v) is 17.9. The molecule has 8 nitrogen and oxygen atoms in total. The Hall–Kier alpha value is -3.81. The molecule has 4 aromatic rings. The fraction of sp³-hybridized carbons (Fsp3) is 0.292. The maximum absolute atomic E-state index is 13.3. The Bertz CT molecular complexity index is 1320. The van der Waals surface area contributed by atoms with Crippen molar-refractivity contribution in [1.29, 1.82) is 0 Å². The third-order valence-electron chi connectivity index (χ3n) is 5.56. The summed E-state index contributed by atoms with van der Waals surface area (Å²) < 4.78 is 7.49. The molecular weight excluding hydrogens is 406 g/mol. The molecule has 1 aliphatic carbocycles. The molecule has 0 radical (unpaired) electrons. The number of ketones is 1. The van der Waals surface area contributed by atoms with Gasteiger partial charge in [-0.3, -0.25) is 14.6 Å². The number of fused-ring (bicyclic) bond motifs is 1. The van der Waals surface area contributed by atoms with Crippen molar-refractivity contribution in [2.24, 2.45) is 0 Å². The van der Waals surface area contributed by atoms with Crippen LogP contribution in [-0.2, 0) is 11.2 Å². The van der Waals surface area contributed by atoms with Gasteiger partial charge in [-0.2, -0.15) is 0 Å². The topological polar surface area (TPSA) is 103 Å². The molecule has 1 N–H and O–H groups in total. The van der Waals surface area contributed by atoms with Crippen LogP contribution in [0.25, 0.3) is 10.9 Å². The van der Waals surface area contributed by atoms with E-state index >= 15 is 0 Å². The van der Waals surface area contributed by atoms with Gasteiger partial charge in [-0.05, 0) is 44.9 Å². The fourth-order valence-electron chi connectivity index (χ4n) is 3.77. The highest BCUT2D eigenvalue weighted by Gasteiger charge is 2.28. The van der Waals surface area contributed by atoms with Gasteiger partial charge in [0, 0.05) is 53.3 Å². The summed E-state index contributed by atoms with van der Waals surface area (Å²) in [5.74, 6) is 1.00. The minimum absolute atomic E-state index is 0.0869. The molecule has 0 unspecified atom stereocenters. The SMILES string of the molecule is CC(C)n1cc(C(=O)c2ccnc(NC(=O)Cc3coc(C4CC4)n3)c2)c2cnccc21. The van der Waals surface area contributed by atoms with Crippen LogP contribution in [0.5, 0.6) is 0 Å². The number of hydrogen-bond donors (Lipinski definition) is 1. The Kier molecular flexibility index (Phi) is 5.05. The van der Waals surface area contributed by atoms with Crippen LogP contribution in [0.3, 0.4) is 0 Å². The Morgan fingerprint density at radius 3 is 2.88 bits per heavy atom. The molecule has 1 aliphatic rings. The molecule has 4 heterocycles. The molecule has 0 spiro atoms. The quantitative estimate of drug-likeness (QED) is 0.440. The molecule has 5 rings (SSSR count). The first-order chi connectivity index (χ1) is 15.5. The lowest BCUT2D eigenvalue weighted by molar-refractivity contribution is -0.115. The average Bonchev–Trinajstić information content (AvgIpc) is 3.40. The standard InChI is InChI=1S/C24H23N5O3/c1-14(2)29-12-19(18-11-25-7-6-20(18)29)23(31)16-5-8-26-21(9-16)28-22(30)10-17-13-32-24(27-17)15-3-4-15/h5-9,11-15H,3-4,10H2,1-2H3,(H,26,28,30). The number of carbonyl (C=O) groups is 2. The highest BCUT2D eigenvalue weighted by molar-refractivity contribution is 6.16. The van der Waals surface area contributed by atoms with Gasteiger partial charge < -0.3 is 14.3 Å². The average molecular weight is 429 g/mol. The lowest BCUT2D eigenvalue weighted by atomic mass is 10.0. The maximum Gasteiger partial charge on any atom is 0.231 e. The van der Waals surface area contributed by atoms with E-state index in [1.54, 1.807) is 24.5 Å². The largest absolute Gasteiger partial charge is 0.448 e. The van der Waals surface area contributed by atoms with Crippen LogP contribution in [0, 0.1) is 0 Å². The molecule has 8 heteroatoms. The van der Waals surface area contributed by atoms with Gasteiger partial charge in [-0.15, -0.1) is 0 Å². The number of oxazole rings is 1. The molecule has 1 saturated carbocycles. The van der Waals surface area contributed by atoms with E-state index in [1.165, 1.54) is 12.5 Å². The van der Waals surface area contributed by atoms with E-state index in [1.807, 2.05) is 12.3 Å². The predicted molar refractivity (Wildman–Crippen MR) is 119 cm³/mol. The number of aromatic nitrogens is 4. The van der Waals surface area contributed by atoms with Crippen LogP contribution in [0.1, 0.15) is 66.2 Å². The van der Waals surface area contributed by atoms with Crippen molar-refractivity contribution in [3.8, 4) is 0 Å². The number of anilines is 1. The molecular formula is C24H23N5O3. The summed E-state index contributed by atoms with van der Waals surface area (Å²) in [7, 11) is 0. The fourth-order valence-corrected chi connectivity index (χ4v) is 3.77. The Morgan fingerprint density at radius 2 is 2.09 bits per heavy atom. The van der Waals surface area contributed by atoms with Gasteiger partial charge in [0.05, 0.1) is 17.6 Å². The number of hydrogen-bond acceptors (Lipinski definition) is 6. The zero-order valence-electron chi connectivity index (χ0n) is 17.9. The first-order valence-corrected chi connectivity index (χ1v) is 10.7. The smallest absolute Gasteiger partial charge is 0.231 e. The highest BCUT2D eigenvalue weighted by Crippen LogP contribution is 2.39. The number of rotatable bonds is 7. The van der Waals surface area contributed by atoms with Gasteiger partial charge in [0.25, 0.3) is 0 Å². The molecule has 0 saturated heterocycles. The highest BCUT2D eigenvalue weighted by atomic mass is 16.3. The summed E-state index contributed by atoms with van der Waals surface area (Å²) in [6, 6.07) is 5.34. The monoisotopic (exact) mass is 429 g/mol. The second-order valence-electron chi connectivity index (χ2n) is 8.37. The van der Waals surface area contributed by atoms with Gasteiger partial charge in [-0.1, -0.05) is 0 Å². The summed E-state index contributed by atoms with van der Waals surface area (Å²) in [5, 5.41) is 3.55. The van der Waals surface area contributed by atoms with Crippen molar-refractivity contribution >= 4 is 28.4 Å². The molecule has 1 amide bonds. The molecule has 162 valence electrons. The lowest BCUT2D eigenvalue weighted by Gasteiger charge is -2.08. The Balaban J connectivity index is 1.35. The predicted octanol–water partition coefficient (Wildman–Crippen LogP) is 4.29. The number of nitrogens with one attached hydrogen (secondary N) is 1. The minimum Gasteiger partial charge on any atom is -0.448 e. The van der Waals surface area contributed by atoms with E-state index in [4.69, 9.17) is 4.42 Å². The van der Waals surface area contributed by atoms with E-state index in [2.05, 4.69) is 38.7 Å². The van der Waals surface area contributed by atoms with Crippen molar-refractivity contribution < 1.29 is 14.0 Å². The van der Waals surface area contributed by atoms with Crippen molar-refractivity contribution in [2.45, 2.75) is 45.1 Å². The normalized spacial score (nSPS) is 13.6. The second kappa shape index (κ2) is 8.03. The molecule has 4 aromatic heterocycles. The summed E-state index contributed by atoms with van der Waals surface area (Å²) in [4.78, 5) is 38.5. The molecule has 0 bridgehead atoms. The summed E-state index contributed by atoms with van der Waals surface area (Å²) >= 11 is 0. The van der Waals surface area contributed by atoms with Gasteiger partial charge in [0.2, 0.25) is 5.91 Å². The van der Waals surface area contributed by atoms with E-state index in [0.717, 1.165) is 23.7 Å². The minimum atomic E-state index is -0.265. The van der Waals surface area contributed by atoms with Crippen LogP contribution in [0.15, 0.2) is 53.7 Å². The summed E-state index contributed by atoms with van der Waals surface area (Å²) in [6.07, 6.45) is 10.6. The van der Waals surface area contributed by atoms with Crippen LogP contribution in [0.2, 0.25) is 0 Å². The van der Waals surface area contributed by atoms with Gasteiger partial charge in [0.1, 0.15) is 12.1 Å². The second-order valence-corrected chi connectivity index (χ2v) is 8.37. The molecule has 0 atom stereocenters. The molecule has 32 heavy (non-hydrogen) atoms. The third-order valence-corrected chi connectivity index (χ3v) is 5.56. The number of amides is 1. The molecule has 0 aromatic carbocycles. The first-order valence-electron chi connectivity index (χ1n) is 10.7. The lowest BCUT2D eigenvalue weighted by Crippen LogP contribution is -2.16. The third kappa shape index (κ3) is 3.91. The molecule has 0 aliphatic heterocycles. The van der Waals surface area contributed by atoms with Crippen molar-refractivity contribution in [3.05, 3.63) is 72.0 Å². The number of pyridine rings is 2. The Morgan fingerprint density at radius 1 is 1.25 bits per heavy atom. The number of carbonyl (C=O) groups excluding carboxylic acids is 2. The molecule has 1 fully saturated rings. The van der Waals surface area contributed by atoms with Crippen molar-refractivity contribution in [1.82, 2.24) is 19.5 Å². The van der Waals surface area contributed by atoms with Crippen LogP contribution < -0.4 is 5.32 Å². The maximum atomic E-state index is 13.3. The van der Waals surface area contributed by atoms with E-state index in [0.29, 0.717) is 34.4 Å². The van der Waals surface area contributed by atoms with E-state index in [9.17, 15) is 9.59 Å². The summed E-state index contributed by atoms with van der Waals surface area (Å²) in [5.41, 5.74) is 2.56. The van der Waals surface area contributed by atoms with Crippen LogP contribution in [0.4, 0.5) is 5.82 Å². The van der Waals surface area contributed by atoms with E-state index < -0.39 is 0 Å². The van der Waals surface area contributed by atoms with Crippen molar-refractivity contribution in [2.75, 3.05) is 5.32 Å². The Labute approximate surface area is 184 Å². The van der Waals surface area contributed by atoms with E-state index in [-0.39, 0.29) is 24.2 Å². The van der Waals surface area contributed by atoms with Gasteiger partial charge in [-0.25, -0.2) is 9.97 Å².